The van der Waals surface area contributed by atoms with Crippen molar-refractivity contribution in [2.75, 3.05) is 18.0 Å². The lowest BCUT2D eigenvalue weighted by atomic mass is 9.89. The molecule has 3 heterocycles. The van der Waals surface area contributed by atoms with Gasteiger partial charge in [0, 0.05) is 56.6 Å². The summed E-state index contributed by atoms with van der Waals surface area (Å²) in [6.07, 6.45) is -5.52. The molecule has 10 nitrogen and oxygen atoms in total. The van der Waals surface area contributed by atoms with Crippen molar-refractivity contribution >= 4 is 23.5 Å². The lowest BCUT2D eigenvalue weighted by molar-refractivity contribution is -0.123. The van der Waals surface area contributed by atoms with E-state index in [0.717, 1.165) is 24.3 Å². The van der Waals surface area contributed by atoms with Gasteiger partial charge in [-0.1, -0.05) is 6.07 Å². The monoisotopic (exact) mass is 753 g/mol. The Morgan fingerprint density at radius 2 is 1.58 bits per heavy atom. The number of aromatic nitrogens is 4. The summed E-state index contributed by atoms with van der Waals surface area (Å²) in [7, 11) is 0. The largest absolute Gasteiger partial charge is 0.366 e. The number of anilines is 1. The highest BCUT2D eigenvalue weighted by Crippen LogP contribution is 2.52. The second-order valence-electron chi connectivity index (χ2n) is 12.6. The first-order valence-corrected chi connectivity index (χ1v) is 16.1. The van der Waals surface area contributed by atoms with Crippen LogP contribution in [0.3, 0.4) is 0 Å². The van der Waals surface area contributed by atoms with Gasteiger partial charge in [-0.25, -0.2) is 40.7 Å². The van der Waals surface area contributed by atoms with Gasteiger partial charge >= 0.3 is 0 Å². The van der Waals surface area contributed by atoms with E-state index in [1.54, 1.807) is 4.90 Å². The number of fused-ring (bicyclic) bond motifs is 1. The van der Waals surface area contributed by atoms with E-state index in [2.05, 4.69) is 20.4 Å². The molecule has 19 heteroatoms. The first-order valence-electron chi connectivity index (χ1n) is 16.1. The van der Waals surface area contributed by atoms with Gasteiger partial charge in [-0.15, -0.1) is 0 Å². The Morgan fingerprint density at radius 3 is 2.23 bits per heavy atom. The average molecular weight is 754 g/mol. The minimum absolute atomic E-state index is 0.0164. The van der Waals surface area contributed by atoms with E-state index in [1.165, 1.54) is 12.3 Å². The maximum atomic E-state index is 15.1. The molecule has 2 aromatic heterocycles. The van der Waals surface area contributed by atoms with Gasteiger partial charge in [0.2, 0.25) is 11.9 Å². The van der Waals surface area contributed by atoms with Crippen LogP contribution in [0, 0.1) is 17.5 Å². The van der Waals surface area contributed by atoms with Crippen molar-refractivity contribution < 1.29 is 53.9 Å². The Bertz CT molecular complexity index is 2080. The molecule has 280 valence electrons. The number of hydrogen-bond acceptors (Lipinski definition) is 7. The van der Waals surface area contributed by atoms with Gasteiger partial charge in [0.1, 0.15) is 41.2 Å². The summed E-state index contributed by atoms with van der Waals surface area (Å²) >= 11 is 0. The molecule has 1 aliphatic carbocycles. The molecule has 1 aliphatic heterocycles. The van der Waals surface area contributed by atoms with E-state index in [-0.39, 0.29) is 64.7 Å². The van der Waals surface area contributed by atoms with Gasteiger partial charge in [0.25, 0.3) is 24.2 Å². The normalized spacial score (nSPS) is 17.1. The number of Topliss-reactive ketones (excluding diaryl/α,β-unsaturated/α-hetero) is 1. The van der Waals surface area contributed by atoms with Crippen molar-refractivity contribution in [2.24, 2.45) is 5.73 Å². The molecule has 0 saturated carbocycles. The summed E-state index contributed by atoms with van der Waals surface area (Å²) in [6, 6.07) is 4.13. The molecule has 2 amide bonds. The summed E-state index contributed by atoms with van der Waals surface area (Å²) in [5.74, 6) is -13.6. The lowest BCUT2D eigenvalue weighted by Crippen LogP contribution is -2.38. The van der Waals surface area contributed by atoms with E-state index in [4.69, 9.17) is 5.73 Å². The number of carbonyl (C=O) groups is 3. The first-order chi connectivity index (χ1) is 24.9. The van der Waals surface area contributed by atoms with Crippen LogP contribution < -0.4 is 16.0 Å². The zero-order valence-corrected chi connectivity index (χ0v) is 27.3. The van der Waals surface area contributed by atoms with Crippen molar-refractivity contribution in [1.82, 2.24) is 25.1 Å². The molecular weight excluding hydrogens is 725 g/mol. The molecule has 2 aliphatic rings. The van der Waals surface area contributed by atoms with Crippen LogP contribution in [-0.2, 0) is 34.4 Å². The zero-order valence-electron chi connectivity index (χ0n) is 27.3. The van der Waals surface area contributed by atoms with Crippen molar-refractivity contribution in [2.45, 2.75) is 63.0 Å². The van der Waals surface area contributed by atoms with Crippen LogP contribution in [0.4, 0.5) is 45.5 Å². The number of halogens is 9. The minimum atomic E-state index is -4.11. The van der Waals surface area contributed by atoms with Crippen molar-refractivity contribution in [1.29, 1.82) is 0 Å². The number of amides is 2. The smallest absolute Gasteiger partial charge is 0.290 e. The van der Waals surface area contributed by atoms with Crippen LogP contribution in [0.15, 0.2) is 42.6 Å². The number of benzene rings is 2. The number of hydrogen-bond donors (Lipinski definition) is 2. The van der Waals surface area contributed by atoms with Crippen LogP contribution in [0.25, 0.3) is 11.1 Å². The third-order valence-electron chi connectivity index (χ3n) is 8.92. The third kappa shape index (κ3) is 7.68. The van der Waals surface area contributed by atoms with Gasteiger partial charge in [0.15, 0.2) is 0 Å². The van der Waals surface area contributed by atoms with E-state index in [1.807, 2.05) is 0 Å². The van der Waals surface area contributed by atoms with Gasteiger partial charge in [-0.05, 0) is 41.8 Å². The Hall–Kier alpha value is -5.49. The number of nitrogens with zero attached hydrogens (tertiary/aromatic N) is 5. The molecule has 6 rings (SSSR count). The maximum absolute atomic E-state index is 15.1. The second kappa shape index (κ2) is 14.1. The number of alkyl halides is 6. The Labute approximate surface area is 294 Å². The maximum Gasteiger partial charge on any atom is 0.290 e. The molecule has 0 bridgehead atoms. The summed E-state index contributed by atoms with van der Waals surface area (Å²) in [6.45, 7) is -0.914. The van der Waals surface area contributed by atoms with Gasteiger partial charge in [-0.3, -0.25) is 19.1 Å². The molecule has 4 aromatic rings. The Morgan fingerprint density at radius 1 is 0.925 bits per heavy atom. The fraction of sp³-hybridized carbons (Fsp3) is 0.353. The molecule has 1 unspecified atom stereocenters. The van der Waals surface area contributed by atoms with Crippen molar-refractivity contribution in [3.8, 4) is 11.1 Å². The zero-order chi connectivity index (χ0) is 38.4. The Balaban J connectivity index is 1.47. The first kappa shape index (κ1) is 37.3. The molecule has 2 aromatic carbocycles. The van der Waals surface area contributed by atoms with Gasteiger partial charge < -0.3 is 16.0 Å². The number of carbonyl (C=O) groups excluding carboxylic acids is 3. The topological polar surface area (TPSA) is 136 Å². The van der Waals surface area contributed by atoms with Gasteiger partial charge in [-0.2, -0.15) is 13.9 Å². The number of ketones is 1. The lowest BCUT2D eigenvalue weighted by Gasteiger charge is -2.30. The quantitative estimate of drug-likeness (QED) is 0.189. The highest BCUT2D eigenvalue weighted by molar-refractivity contribution is 5.94. The number of nitrogens with two attached hydrogens (primary N) is 1. The number of piperidine rings is 1. The number of primary amides is 1. The molecule has 0 spiro atoms. The minimum Gasteiger partial charge on any atom is -0.366 e. The average Bonchev–Trinajstić information content (AvgIpc) is 3.48. The molecule has 1 fully saturated rings. The summed E-state index contributed by atoms with van der Waals surface area (Å²) < 4.78 is 131. The number of rotatable bonds is 10. The summed E-state index contributed by atoms with van der Waals surface area (Å²) in [5.41, 5.74) is -0.152. The van der Waals surface area contributed by atoms with E-state index in [9.17, 15) is 45.1 Å². The van der Waals surface area contributed by atoms with Crippen LogP contribution in [0.5, 0.6) is 0 Å². The third-order valence-corrected chi connectivity index (χ3v) is 8.92. The summed E-state index contributed by atoms with van der Waals surface area (Å²) in [4.78, 5) is 48.2. The van der Waals surface area contributed by atoms with Gasteiger partial charge in [0.05, 0.1) is 22.9 Å². The van der Waals surface area contributed by atoms with Crippen molar-refractivity contribution in [3.63, 3.8) is 0 Å². The standard InChI is InChI=1S/C34H28F9N7O3/c35-18-9-16(10-19(36)13-18)11-24(46-25(52)15-50-29-26(28(48-50)30(38)39)33(40,41)5-6-34(29,42)43)27-22(17-1-2-23(37)21(12-17)31(44)53)14-45-32(47-27)49-7-3-20(51)4-8-49/h1-2,9-10,12-14,24,30H,3-8,11,15H2,(H2,44,53)(H,46,52). The van der Waals surface area contributed by atoms with Crippen LogP contribution >= 0.6 is 0 Å². The summed E-state index contributed by atoms with van der Waals surface area (Å²) in [5, 5.41) is 5.76. The molecule has 53 heavy (non-hydrogen) atoms. The van der Waals surface area contributed by atoms with E-state index in [0.29, 0.717) is 6.07 Å². The van der Waals surface area contributed by atoms with E-state index >= 15 is 8.78 Å². The second-order valence-corrected chi connectivity index (χ2v) is 12.6. The van der Waals surface area contributed by atoms with Crippen LogP contribution in [0.1, 0.15) is 76.7 Å². The molecule has 3 N–H and O–H groups in total. The molecule has 1 saturated heterocycles. The highest BCUT2D eigenvalue weighted by Gasteiger charge is 2.55. The van der Waals surface area contributed by atoms with Crippen LogP contribution in [0.2, 0.25) is 0 Å². The molecule has 1 atom stereocenters. The predicted octanol–water partition coefficient (Wildman–Crippen LogP) is 6.04. The fourth-order valence-corrected chi connectivity index (χ4v) is 6.46. The predicted molar refractivity (Wildman–Crippen MR) is 168 cm³/mol. The van der Waals surface area contributed by atoms with Crippen molar-refractivity contribution in [3.05, 3.63) is 93.8 Å². The highest BCUT2D eigenvalue weighted by atomic mass is 19.3. The molecular formula is C34H28F9N7O3. The fourth-order valence-electron chi connectivity index (χ4n) is 6.46. The number of nitrogens with one attached hydrogen (secondary N) is 1. The SMILES string of the molecule is NC(=O)c1cc(-c2cnc(N3CCC(=O)CC3)nc2C(Cc2cc(F)cc(F)c2)NC(=O)Cn2nc(C(F)F)c3c2C(F)(F)CCC3(F)F)ccc1F. The Kier molecular flexibility index (Phi) is 9.95. The van der Waals surface area contributed by atoms with Crippen LogP contribution in [-0.4, -0.2) is 50.4 Å². The van der Waals surface area contributed by atoms with E-state index < -0.39 is 102 Å². The molecule has 0 radical (unpaired) electrons.